The van der Waals surface area contributed by atoms with Gasteiger partial charge in [0.05, 0.1) is 12.7 Å². The second-order valence-electron chi connectivity index (χ2n) is 7.54. The summed E-state index contributed by atoms with van der Waals surface area (Å²) in [5, 5.41) is 0. The van der Waals surface area contributed by atoms with Gasteiger partial charge in [-0.1, -0.05) is 89.0 Å². The Hall–Kier alpha value is -1.61. The lowest BCUT2D eigenvalue weighted by molar-refractivity contribution is 0.0600. The molecule has 0 bridgehead atoms. The van der Waals surface area contributed by atoms with Gasteiger partial charge in [-0.05, 0) is 30.5 Å². The summed E-state index contributed by atoms with van der Waals surface area (Å²) < 4.78 is 10.5. The number of methoxy groups -OCH3 is 1. The summed E-state index contributed by atoms with van der Waals surface area (Å²) >= 11 is 0. The molecule has 1 aromatic carbocycles. The number of carbonyl (C=O) groups excluding carboxylic acids is 1. The van der Waals surface area contributed by atoms with Crippen LogP contribution < -0.4 is 0 Å². The van der Waals surface area contributed by atoms with E-state index in [1.54, 1.807) is 6.07 Å². The Kier molecular flexibility index (Phi) is 10.2. The molecule has 0 amide bonds. The van der Waals surface area contributed by atoms with Crippen molar-refractivity contribution >= 4 is 5.97 Å². The highest BCUT2D eigenvalue weighted by Gasteiger charge is 2.38. The van der Waals surface area contributed by atoms with E-state index in [-0.39, 0.29) is 18.2 Å². The number of esters is 1. The van der Waals surface area contributed by atoms with Crippen LogP contribution in [0.3, 0.4) is 0 Å². The molecule has 2 rings (SSSR count). The third kappa shape index (κ3) is 8.30. The summed E-state index contributed by atoms with van der Waals surface area (Å²) in [5.41, 5.74) is 1.63. The average Bonchev–Trinajstić information content (AvgIpc) is 3.48. The molecule has 1 fully saturated rings. The van der Waals surface area contributed by atoms with Crippen LogP contribution in [0, 0.1) is 0 Å². The number of carbonyl (C=O) groups is 1. The van der Waals surface area contributed by atoms with Gasteiger partial charge in [0.2, 0.25) is 0 Å². The van der Waals surface area contributed by atoms with E-state index < -0.39 is 0 Å². The van der Waals surface area contributed by atoms with Gasteiger partial charge in [0.25, 0.3) is 0 Å². The van der Waals surface area contributed by atoms with Crippen LogP contribution in [0.1, 0.15) is 99.6 Å². The van der Waals surface area contributed by atoms with Gasteiger partial charge in [-0.25, -0.2) is 4.79 Å². The second kappa shape index (κ2) is 12.7. The number of allylic oxidation sites excluding steroid dienone is 1. The first kappa shape index (κ1) is 21.7. The molecule has 2 atom stereocenters. The molecular formula is C24H36O3. The van der Waals surface area contributed by atoms with Gasteiger partial charge in [0.15, 0.2) is 0 Å². The number of epoxide rings is 1. The maximum Gasteiger partial charge on any atom is 0.337 e. The maximum atomic E-state index is 11.6. The van der Waals surface area contributed by atoms with E-state index >= 15 is 0 Å². The van der Waals surface area contributed by atoms with Crippen molar-refractivity contribution in [2.45, 2.75) is 89.8 Å². The lowest BCUT2D eigenvalue weighted by atomic mass is 10.0. The van der Waals surface area contributed by atoms with E-state index in [0.29, 0.717) is 5.56 Å². The first-order valence-corrected chi connectivity index (χ1v) is 10.8. The number of rotatable bonds is 14. The quantitative estimate of drug-likeness (QED) is 0.156. The van der Waals surface area contributed by atoms with Crippen molar-refractivity contribution in [1.82, 2.24) is 0 Å². The number of benzene rings is 1. The molecule has 3 nitrogen and oxygen atoms in total. The van der Waals surface area contributed by atoms with E-state index in [1.165, 1.54) is 71.3 Å². The predicted molar refractivity (Wildman–Crippen MR) is 111 cm³/mol. The second-order valence-corrected chi connectivity index (χ2v) is 7.54. The van der Waals surface area contributed by atoms with Crippen LogP contribution in [0.2, 0.25) is 0 Å². The van der Waals surface area contributed by atoms with Crippen LogP contribution in [0.5, 0.6) is 0 Å². The largest absolute Gasteiger partial charge is 0.465 e. The molecule has 1 saturated heterocycles. The SMILES string of the molecule is CCCCCCCCCCCC/C=C/C1OC1c1cccc(C(=O)OC)c1. The minimum absolute atomic E-state index is 0.0820. The summed E-state index contributed by atoms with van der Waals surface area (Å²) in [5.74, 6) is -0.300. The molecule has 0 radical (unpaired) electrons. The van der Waals surface area contributed by atoms with E-state index in [9.17, 15) is 4.79 Å². The van der Waals surface area contributed by atoms with Crippen LogP contribution in [0.4, 0.5) is 0 Å². The fraction of sp³-hybridized carbons (Fsp3) is 0.625. The zero-order valence-electron chi connectivity index (χ0n) is 17.1. The molecule has 0 aromatic heterocycles. The highest BCUT2D eigenvalue weighted by molar-refractivity contribution is 5.89. The van der Waals surface area contributed by atoms with Crippen molar-refractivity contribution < 1.29 is 14.3 Å². The van der Waals surface area contributed by atoms with Crippen molar-refractivity contribution in [3.63, 3.8) is 0 Å². The molecule has 27 heavy (non-hydrogen) atoms. The lowest BCUT2D eigenvalue weighted by Crippen LogP contribution is -2.01. The average molecular weight is 373 g/mol. The van der Waals surface area contributed by atoms with Gasteiger partial charge in [-0.2, -0.15) is 0 Å². The number of hydrogen-bond acceptors (Lipinski definition) is 3. The minimum Gasteiger partial charge on any atom is -0.465 e. The zero-order valence-corrected chi connectivity index (χ0v) is 17.1. The van der Waals surface area contributed by atoms with Crippen molar-refractivity contribution in [3.05, 3.63) is 47.5 Å². The first-order valence-electron chi connectivity index (χ1n) is 10.8. The van der Waals surface area contributed by atoms with E-state index in [0.717, 1.165) is 12.0 Å². The van der Waals surface area contributed by atoms with Crippen LogP contribution in [-0.2, 0) is 9.47 Å². The van der Waals surface area contributed by atoms with Crippen LogP contribution in [0.15, 0.2) is 36.4 Å². The summed E-state index contributed by atoms with van der Waals surface area (Å²) in [6.07, 6.45) is 19.5. The van der Waals surface area contributed by atoms with E-state index in [4.69, 9.17) is 9.47 Å². The fourth-order valence-corrected chi connectivity index (χ4v) is 3.48. The van der Waals surface area contributed by atoms with Gasteiger partial charge in [-0.15, -0.1) is 0 Å². The van der Waals surface area contributed by atoms with Crippen molar-refractivity contribution in [2.75, 3.05) is 7.11 Å². The number of ether oxygens (including phenoxy) is 2. The highest BCUT2D eigenvalue weighted by Crippen LogP contribution is 2.39. The summed E-state index contributed by atoms with van der Waals surface area (Å²) in [7, 11) is 1.40. The lowest BCUT2D eigenvalue weighted by Gasteiger charge is -2.01. The van der Waals surface area contributed by atoms with Crippen molar-refractivity contribution in [1.29, 1.82) is 0 Å². The van der Waals surface area contributed by atoms with Gasteiger partial charge in [-0.3, -0.25) is 0 Å². The van der Waals surface area contributed by atoms with Gasteiger partial charge < -0.3 is 9.47 Å². The molecule has 0 N–H and O–H groups in total. The Bertz CT molecular complexity index is 579. The first-order chi connectivity index (χ1) is 13.3. The van der Waals surface area contributed by atoms with Crippen molar-refractivity contribution in [2.24, 2.45) is 0 Å². The Morgan fingerprint density at radius 1 is 1.04 bits per heavy atom. The standard InChI is InChI=1S/C24H36O3/c1-3-4-5-6-7-8-9-10-11-12-13-14-18-22-23(27-22)20-16-15-17-21(19-20)24(25)26-2/h14-19,22-23H,3-13H2,1-2H3/b18-14+. The van der Waals surface area contributed by atoms with Gasteiger partial charge >= 0.3 is 5.97 Å². The topological polar surface area (TPSA) is 38.8 Å². The third-order valence-electron chi connectivity index (χ3n) is 5.21. The highest BCUT2D eigenvalue weighted by atomic mass is 16.6. The van der Waals surface area contributed by atoms with Gasteiger partial charge in [0, 0.05) is 0 Å². The summed E-state index contributed by atoms with van der Waals surface area (Å²) in [6, 6.07) is 7.53. The molecule has 3 heteroatoms. The molecule has 1 heterocycles. The third-order valence-corrected chi connectivity index (χ3v) is 5.21. The monoisotopic (exact) mass is 372 g/mol. The molecule has 2 unspecified atom stereocenters. The molecule has 1 aliphatic rings. The van der Waals surface area contributed by atoms with Crippen LogP contribution in [0.25, 0.3) is 0 Å². The Labute approximate surface area is 165 Å². The molecule has 150 valence electrons. The molecule has 1 aliphatic heterocycles. The Morgan fingerprint density at radius 2 is 1.70 bits per heavy atom. The fourth-order valence-electron chi connectivity index (χ4n) is 3.48. The van der Waals surface area contributed by atoms with Crippen LogP contribution in [-0.4, -0.2) is 19.2 Å². The molecule has 0 spiro atoms. The molecule has 1 aromatic rings. The molecular weight excluding hydrogens is 336 g/mol. The van der Waals surface area contributed by atoms with Gasteiger partial charge in [0.1, 0.15) is 12.2 Å². The van der Waals surface area contributed by atoms with Crippen molar-refractivity contribution in [3.8, 4) is 0 Å². The van der Waals surface area contributed by atoms with E-state index in [1.807, 2.05) is 18.2 Å². The normalized spacial score (nSPS) is 18.7. The molecule has 0 saturated carbocycles. The Morgan fingerprint density at radius 3 is 2.37 bits per heavy atom. The zero-order chi connectivity index (χ0) is 19.3. The van der Waals surface area contributed by atoms with Crippen LogP contribution >= 0.6 is 0 Å². The summed E-state index contributed by atoms with van der Waals surface area (Å²) in [6.45, 7) is 2.27. The number of hydrogen-bond donors (Lipinski definition) is 0. The summed E-state index contributed by atoms with van der Waals surface area (Å²) in [4.78, 5) is 11.6. The predicted octanol–water partition coefficient (Wildman–Crippen LogP) is 6.78. The molecule has 0 aliphatic carbocycles. The minimum atomic E-state index is -0.300. The maximum absolute atomic E-state index is 11.6. The smallest absolute Gasteiger partial charge is 0.337 e. The van der Waals surface area contributed by atoms with E-state index in [2.05, 4.69) is 19.1 Å². The Balaban J connectivity index is 1.52. The number of unbranched alkanes of at least 4 members (excludes halogenated alkanes) is 10.